The van der Waals surface area contributed by atoms with E-state index in [9.17, 15) is 18.0 Å². The lowest BCUT2D eigenvalue weighted by molar-refractivity contribution is -0.137. The highest BCUT2D eigenvalue weighted by Gasteiger charge is 2.31. The summed E-state index contributed by atoms with van der Waals surface area (Å²) in [5, 5.41) is 4.37. The van der Waals surface area contributed by atoms with Crippen molar-refractivity contribution in [3.05, 3.63) is 52.8 Å². The number of carbonyl (C=O) groups excluding carboxylic acids is 1. The zero-order valence-electron chi connectivity index (χ0n) is 20.1. The lowest BCUT2D eigenvalue weighted by atomic mass is 9.95. The van der Waals surface area contributed by atoms with Crippen molar-refractivity contribution in [2.24, 2.45) is 5.92 Å². The van der Waals surface area contributed by atoms with E-state index in [0.717, 1.165) is 74.5 Å². The van der Waals surface area contributed by atoms with Crippen LogP contribution in [0.25, 0.3) is 16.0 Å². The molecule has 3 aromatic rings. The molecule has 2 N–H and O–H groups in total. The molecule has 200 valence electrons. The second-order valence-corrected chi connectivity index (χ2v) is 10.6. The van der Waals surface area contributed by atoms with E-state index in [1.165, 1.54) is 17.8 Å². The predicted octanol–water partition coefficient (Wildman–Crippen LogP) is 6.95. The van der Waals surface area contributed by atoms with Crippen LogP contribution in [0.2, 0.25) is 5.02 Å². The van der Waals surface area contributed by atoms with Gasteiger partial charge < -0.3 is 20.8 Å². The van der Waals surface area contributed by atoms with Gasteiger partial charge in [-0.25, -0.2) is 4.98 Å². The molecule has 0 spiro atoms. The van der Waals surface area contributed by atoms with E-state index >= 15 is 0 Å². The molecule has 2 aliphatic heterocycles. The monoisotopic (exact) mass is 554 g/mol. The fourth-order valence-corrected chi connectivity index (χ4v) is 5.53. The van der Waals surface area contributed by atoms with E-state index in [-0.39, 0.29) is 17.8 Å². The molecule has 12 heteroatoms. The number of benzene rings is 1. The Morgan fingerprint density at radius 1 is 1.19 bits per heavy atom. The summed E-state index contributed by atoms with van der Waals surface area (Å²) in [6.07, 6.45) is 1.99. The van der Waals surface area contributed by atoms with E-state index in [1.54, 1.807) is 0 Å². The Morgan fingerprint density at radius 2 is 1.97 bits per heavy atom. The van der Waals surface area contributed by atoms with Crippen molar-refractivity contribution < 1.29 is 22.7 Å². The maximum Gasteiger partial charge on any atom is 0.416 e. The van der Waals surface area contributed by atoms with Crippen LogP contribution in [0.5, 0.6) is 0 Å². The molecule has 0 bridgehead atoms. The van der Waals surface area contributed by atoms with Gasteiger partial charge >= 0.3 is 6.18 Å². The number of amides is 1. The van der Waals surface area contributed by atoms with Gasteiger partial charge in [0.2, 0.25) is 5.91 Å². The first-order valence-electron chi connectivity index (χ1n) is 12.1. The number of fused-ring (bicyclic) bond motifs is 1. The number of pyridine rings is 1. The number of hydrogen-bond acceptors (Lipinski definition) is 6. The van der Waals surface area contributed by atoms with Gasteiger partial charge in [-0.3, -0.25) is 9.69 Å². The zero-order chi connectivity index (χ0) is 26.4. The number of nitrogens with one attached hydrogen (secondary N) is 2. The molecule has 2 aliphatic rings. The van der Waals surface area contributed by atoms with E-state index in [1.807, 2.05) is 18.2 Å². The van der Waals surface area contributed by atoms with Crippen molar-refractivity contribution in [1.82, 2.24) is 14.9 Å². The minimum atomic E-state index is -4.38. The molecule has 1 aromatic carbocycles. The molecule has 1 atom stereocenters. The molecule has 0 aliphatic carbocycles. The number of alkyl halides is 3. The molecule has 0 unspecified atom stereocenters. The van der Waals surface area contributed by atoms with E-state index in [2.05, 4.69) is 20.2 Å². The largest absolute Gasteiger partial charge is 0.482 e. The first-order chi connectivity index (χ1) is 17.7. The number of thiazole rings is 1. The Hall–Kier alpha value is -2.47. The quantitative estimate of drug-likeness (QED) is 0.376. The van der Waals surface area contributed by atoms with Crippen LogP contribution >= 0.6 is 22.9 Å². The number of hydrogen-bond donors (Lipinski definition) is 1. The van der Waals surface area contributed by atoms with E-state index in [0.29, 0.717) is 22.1 Å². The lowest BCUT2D eigenvalue weighted by Crippen LogP contribution is -2.49. The van der Waals surface area contributed by atoms with Gasteiger partial charge in [-0.05, 0) is 56.3 Å². The van der Waals surface area contributed by atoms with Gasteiger partial charge in [-0.1, -0.05) is 53.5 Å². The number of rotatable bonds is 4. The third kappa shape index (κ3) is 7.76. The summed E-state index contributed by atoms with van der Waals surface area (Å²) in [5.74, 6) is 0.337. The number of ether oxygens (including phenoxy) is 1. The highest BCUT2D eigenvalue weighted by atomic mass is 35.5. The van der Waals surface area contributed by atoms with Gasteiger partial charge in [0, 0.05) is 24.8 Å². The van der Waals surface area contributed by atoms with E-state index in [4.69, 9.17) is 22.1 Å². The molecule has 0 radical (unpaired) electrons. The SMILES string of the molecule is O=C(Nc1nc2cc(Cl)ccc2s1)[C@@H]1CCCCN1CC1CCOCC1.[NH-]c1cc(C(F)(F)F)ccn1. The topological polar surface area (TPSA) is 91.2 Å². The molecule has 0 saturated carbocycles. The van der Waals surface area contributed by atoms with Crippen LogP contribution < -0.4 is 5.32 Å². The molecular formula is C25H28ClF3N5O2S-. The van der Waals surface area contributed by atoms with Crippen LogP contribution in [0.15, 0.2) is 36.5 Å². The van der Waals surface area contributed by atoms with Gasteiger partial charge in [0.1, 0.15) is 0 Å². The van der Waals surface area contributed by atoms with Crippen LogP contribution in [-0.4, -0.2) is 53.1 Å². The molecule has 5 rings (SSSR count). The van der Waals surface area contributed by atoms with Crippen molar-refractivity contribution in [3.8, 4) is 0 Å². The summed E-state index contributed by atoms with van der Waals surface area (Å²) in [5.41, 5.74) is 6.80. The first kappa shape index (κ1) is 27.6. The summed E-state index contributed by atoms with van der Waals surface area (Å²) in [6, 6.07) is 7.09. The fraction of sp³-hybridized carbons (Fsp3) is 0.480. The minimum Gasteiger partial charge on any atom is -0.482 e. The summed E-state index contributed by atoms with van der Waals surface area (Å²) < 4.78 is 42.1. The molecule has 7 nitrogen and oxygen atoms in total. The van der Waals surface area contributed by atoms with Gasteiger partial charge in [0.05, 0.1) is 21.8 Å². The second-order valence-electron chi connectivity index (χ2n) is 9.11. The van der Waals surface area contributed by atoms with Crippen LogP contribution in [-0.2, 0) is 15.7 Å². The van der Waals surface area contributed by atoms with E-state index < -0.39 is 11.7 Å². The van der Waals surface area contributed by atoms with Crippen molar-refractivity contribution >= 4 is 50.0 Å². The molecule has 2 fully saturated rings. The standard InChI is InChI=1S/C19H24ClN3O2S.C6H4F3N2/c20-14-4-5-17-15(11-14)21-19(26-17)22-18(24)16-3-1-2-8-23(16)12-13-6-9-25-10-7-13;7-6(8,9)4-1-2-11-5(10)3-4/h4-5,11,13,16H,1-3,6-10,12H2,(H,21,22,24);1-3H,(H-,10,11)/q;-1/t16-;/m0./s1. The summed E-state index contributed by atoms with van der Waals surface area (Å²) in [7, 11) is 0. The van der Waals surface area contributed by atoms with Crippen molar-refractivity contribution in [2.45, 2.75) is 44.3 Å². The Morgan fingerprint density at radius 3 is 2.68 bits per heavy atom. The average Bonchev–Trinajstić information content (AvgIpc) is 3.26. The zero-order valence-corrected chi connectivity index (χ0v) is 21.6. The molecule has 1 amide bonds. The highest BCUT2D eigenvalue weighted by Crippen LogP contribution is 2.31. The van der Waals surface area contributed by atoms with Gasteiger partial charge in [-0.2, -0.15) is 13.2 Å². The van der Waals surface area contributed by atoms with Crippen molar-refractivity contribution in [2.75, 3.05) is 31.6 Å². The molecule has 37 heavy (non-hydrogen) atoms. The van der Waals surface area contributed by atoms with Gasteiger partial charge in [0.15, 0.2) is 5.13 Å². The fourth-order valence-electron chi connectivity index (χ4n) is 4.52. The van der Waals surface area contributed by atoms with Gasteiger partial charge in [-0.15, -0.1) is 0 Å². The third-order valence-electron chi connectivity index (χ3n) is 6.42. The normalized spacial score (nSPS) is 19.3. The molecule has 2 aromatic heterocycles. The second kappa shape index (κ2) is 12.4. The first-order valence-corrected chi connectivity index (χ1v) is 13.3. The smallest absolute Gasteiger partial charge is 0.416 e. The van der Waals surface area contributed by atoms with Crippen LogP contribution in [0.4, 0.5) is 24.1 Å². The molecular weight excluding hydrogens is 527 g/mol. The van der Waals surface area contributed by atoms with Crippen LogP contribution in [0.3, 0.4) is 0 Å². The van der Waals surface area contributed by atoms with Crippen LogP contribution in [0.1, 0.15) is 37.7 Å². The number of anilines is 1. The number of halogens is 4. The summed E-state index contributed by atoms with van der Waals surface area (Å²) >= 11 is 7.53. The average molecular weight is 555 g/mol. The van der Waals surface area contributed by atoms with Gasteiger partial charge in [0.25, 0.3) is 0 Å². The molecule has 2 saturated heterocycles. The number of piperidine rings is 1. The highest BCUT2D eigenvalue weighted by molar-refractivity contribution is 7.22. The third-order valence-corrected chi connectivity index (χ3v) is 7.60. The minimum absolute atomic E-state index is 0.0535. The van der Waals surface area contributed by atoms with Crippen molar-refractivity contribution in [1.29, 1.82) is 0 Å². The van der Waals surface area contributed by atoms with Crippen molar-refractivity contribution in [3.63, 3.8) is 0 Å². The number of likely N-dealkylation sites (tertiary alicyclic amines) is 1. The summed E-state index contributed by atoms with van der Waals surface area (Å²) in [6.45, 7) is 3.70. The predicted molar refractivity (Wildman–Crippen MR) is 139 cm³/mol. The Kier molecular flexibility index (Phi) is 9.22. The summed E-state index contributed by atoms with van der Waals surface area (Å²) in [4.78, 5) is 23.1. The number of aromatic nitrogens is 2. The Balaban J connectivity index is 0.000000245. The Labute approximate surface area is 222 Å². The number of nitrogens with zero attached hydrogens (tertiary/aromatic N) is 3. The van der Waals surface area contributed by atoms with Crippen LogP contribution in [0, 0.1) is 5.92 Å². The maximum atomic E-state index is 12.9. The Bertz CT molecular complexity index is 1200. The molecule has 4 heterocycles. The maximum absolute atomic E-state index is 12.9. The lowest BCUT2D eigenvalue weighted by Gasteiger charge is -2.37. The number of carbonyl (C=O) groups is 1.